The number of nitrogens with zero attached hydrogens (tertiary/aromatic N) is 2. The van der Waals surface area contributed by atoms with Gasteiger partial charge in [-0.3, -0.25) is 4.79 Å². The van der Waals surface area contributed by atoms with E-state index in [-0.39, 0.29) is 5.56 Å². The Morgan fingerprint density at radius 1 is 0.964 bits per heavy atom. The van der Waals surface area contributed by atoms with Crippen molar-refractivity contribution in [1.82, 2.24) is 4.98 Å². The van der Waals surface area contributed by atoms with Crippen LogP contribution in [0.3, 0.4) is 0 Å². The summed E-state index contributed by atoms with van der Waals surface area (Å²) < 4.78 is 40.0. The molecule has 1 aromatic heterocycles. The first-order valence-corrected chi connectivity index (χ1v) is 8.30. The van der Waals surface area contributed by atoms with Crippen LogP contribution in [0, 0.1) is 17.5 Å². The van der Waals surface area contributed by atoms with Crippen molar-refractivity contribution in [2.45, 2.75) is 0 Å². The third-order valence-corrected chi connectivity index (χ3v) is 3.96. The maximum Gasteiger partial charge on any atom is 0.255 e. The predicted molar refractivity (Wildman–Crippen MR) is 103 cm³/mol. The molecule has 0 unspecified atom stereocenters. The topological polar surface area (TPSA) is 57.3 Å². The van der Waals surface area contributed by atoms with Crippen molar-refractivity contribution in [1.29, 1.82) is 0 Å². The van der Waals surface area contributed by atoms with Gasteiger partial charge in [0.1, 0.15) is 5.82 Å². The average molecular weight is 386 g/mol. The lowest BCUT2D eigenvalue weighted by atomic mass is 10.2. The zero-order valence-corrected chi connectivity index (χ0v) is 15.1. The van der Waals surface area contributed by atoms with Crippen LogP contribution in [-0.2, 0) is 0 Å². The van der Waals surface area contributed by atoms with Gasteiger partial charge in [0.25, 0.3) is 5.91 Å². The number of aromatic nitrogens is 1. The summed E-state index contributed by atoms with van der Waals surface area (Å²) in [5.74, 6) is -4.71. The van der Waals surface area contributed by atoms with Crippen LogP contribution in [0.2, 0.25) is 0 Å². The van der Waals surface area contributed by atoms with Gasteiger partial charge in [-0.25, -0.2) is 18.2 Å². The molecule has 1 amide bonds. The fraction of sp³-hybridized carbons (Fsp3) is 0.100. The van der Waals surface area contributed by atoms with E-state index in [4.69, 9.17) is 0 Å². The normalized spacial score (nSPS) is 10.5. The molecule has 2 aromatic carbocycles. The third kappa shape index (κ3) is 4.22. The van der Waals surface area contributed by atoms with Gasteiger partial charge in [-0.15, -0.1) is 0 Å². The second-order valence-electron chi connectivity index (χ2n) is 6.17. The number of carbonyl (C=O) groups excluding carboxylic acids is 1. The molecule has 0 bridgehead atoms. The summed E-state index contributed by atoms with van der Waals surface area (Å²) in [5.41, 5.74) is 1.52. The molecule has 0 saturated carbocycles. The maximum absolute atomic E-state index is 13.7. The summed E-state index contributed by atoms with van der Waals surface area (Å²) in [6.45, 7) is 0. The Labute approximate surface area is 159 Å². The van der Waals surface area contributed by atoms with E-state index in [1.54, 1.807) is 0 Å². The van der Waals surface area contributed by atoms with E-state index in [0.29, 0.717) is 5.82 Å². The van der Waals surface area contributed by atoms with Crippen LogP contribution < -0.4 is 15.5 Å². The minimum absolute atomic E-state index is 0.173. The molecule has 2 N–H and O–H groups in total. The highest BCUT2D eigenvalue weighted by atomic mass is 19.2. The van der Waals surface area contributed by atoms with Gasteiger partial charge >= 0.3 is 0 Å². The van der Waals surface area contributed by atoms with E-state index >= 15 is 0 Å². The van der Waals surface area contributed by atoms with Gasteiger partial charge in [0.2, 0.25) is 0 Å². The Morgan fingerprint density at radius 2 is 1.68 bits per heavy atom. The number of amides is 1. The molecule has 0 saturated heterocycles. The number of anilines is 4. The number of pyridine rings is 1. The van der Waals surface area contributed by atoms with E-state index < -0.39 is 29.0 Å². The van der Waals surface area contributed by atoms with Crippen LogP contribution >= 0.6 is 0 Å². The Hall–Kier alpha value is -3.55. The highest BCUT2D eigenvalue weighted by Crippen LogP contribution is 2.22. The standard InChI is InChI=1S/C20H17F3N4O/c1-27(2)14-5-3-13(4-6-14)25-17-11-12(9-10-24-17)20(28)26-16-8-7-15(21)18(22)19(16)23/h3-11H,1-2H3,(H,24,25)(H,26,28). The molecule has 0 fully saturated rings. The summed E-state index contributed by atoms with van der Waals surface area (Å²) in [6.07, 6.45) is 1.41. The minimum Gasteiger partial charge on any atom is -0.378 e. The second kappa shape index (κ2) is 7.99. The van der Waals surface area contributed by atoms with Crippen LogP contribution in [0.5, 0.6) is 0 Å². The summed E-state index contributed by atoms with van der Waals surface area (Å²) in [4.78, 5) is 18.4. The molecule has 28 heavy (non-hydrogen) atoms. The number of benzene rings is 2. The van der Waals surface area contributed by atoms with Crippen LogP contribution in [-0.4, -0.2) is 25.0 Å². The van der Waals surface area contributed by atoms with Crippen molar-refractivity contribution in [3.63, 3.8) is 0 Å². The Balaban J connectivity index is 1.75. The molecular formula is C20H17F3N4O. The molecule has 0 radical (unpaired) electrons. The molecule has 0 atom stereocenters. The summed E-state index contributed by atoms with van der Waals surface area (Å²) >= 11 is 0. The predicted octanol–water partition coefficient (Wildman–Crippen LogP) is 4.56. The van der Waals surface area contributed by atoms with Gasteiger partial charge < -0.3 is 15.5 Å². The molecule has 1 heterocycles. The van der Waals surface area contributed by atoms with Crippen LogP contribution in [0.25, 0.3) is 0 Å². The fourth-order valence-electron chi connectivity index (χ4n) is 2.45. The largest absolute Gasteiger partial charge is 0.378 e. The molecule has 3 rings (SSSR count). The van der Waals surface area contributed by atoms with Crippen molar-refractivity contribution < 1.29 is 18.0 Å². The SMILES string of the molecule is CN(C)c1ccc(Nc2cc(C(=O)Nc3ccc(F)c(F)c3F)ccn2)cc1. The molecule has 0 spiro atoms. The lowest BCUT2D eigenvalue weighted by Crippen LogP contribution is -2.14. The summed E-state index contributed by atoms with van der Waals surface area (Å²) in [7, 11) is 3.86. The first kappa shape index (κ1) is 19.2. The van der Waals surface area contributed by atoms with E-state index in [1.807, 2.05) is 43.3 Å². The molecule has 144 valence electrons. The van der Waals surface area contributed by atoms with Crippen LogP contribution in [0.15, 0.2) is 54.7 Å². The number of carbonyl (C=O) groups is 1. The minimum atomic E-state index is -1.64. The molecule has 5 nitrogen and oxygen atoms in total. The first-order valence-electron chi connectivity index (χ1n) is 8.30. The monoisotopic (exact) mass is 386 g/mol. The highest BCUT2D eigenvalue weighted by molar-refractivity contribution is 6.04. The highest BCUT2D eigenvalue weighted by Gasteiger charge is 2.16. The Morgan fingerprint density at radius 3 is 2.36 bits per heavy atom. The number of hydrogen-bond donors (Lipinski definition) is 2. The van der Waals surface area contributed by atoms with E-state index in [2.05, 4.69) is 15.6 Å². The Bertz CT molecular complexity index is 1010. The summed E-state index contributed by atoms with van der Waals surface area (Å²) in [6, 6.07) is 12.2. The molecule has 8 heteroatoms. The van der Waals surface area contributed by atoms with E-state index in [0.717, 1.165) is 23.5 Å². The molecule has 3 aromatic rings. The van der Waals surface area contributed by atoms with Gasteiger partial charge in [-0.2, -0.15) is 0 Å². The van der Waals surface area contributed by atoms with E-state index in [9.17, 15) is 18.0 Å². The zero-order chi connectivity index (χ0) is 20.3. The number of halogens is 3. The molecular weight excluding hydrogens is 369 g/mol. The number of nitrogens with one attached hydrogen (secondary N) is 2. The fourth-order valence-corrected chi connectivity index (χ4v) is 2.45. The van der Waals surface area contributed by atoms with Gasteiger partial charge in [-0.1, -0.05) is 0 Å². The maximum atomic E-state index is 13.7. The van der Waals surface area contributed by atoms with Gasteiger partial charge in [0.05, 0.1) is 5.69 Å². The van der Waals surface area contributed by atoms with E-state index in [1.165, 1.54) is 18.3 Å². The van der Waals surface area contributed by atoms with Crippen molar-refractivity contribution in [3.8, 4) is 0 Å². The molecule has 0 aliphatic rings. The molecule has 0 aliphatic heterocycles. The number of rotatable bonds is 5. The second-order valence-corrected chi connectivity index (χ2v) is 6.17. The lowest BCUT2D eigenvalue weighted by Gasteiger charge is -2.13. The quantitative estimate of drug-likeness (QED) is 0.631. The van der Waals surface area contributed by atoms with Crippen molar-refractivity contribution in [3.05, 3.63) is 77.7 Å². The lowest BCUT2D eigenvalue weighted by molar-refractivity contribution is 0.102. The number of hydrogen-bond acceptors (Lipinski definition) is 4. The van der Waals surface area contributed by atoms with Gasteiger partial charge in [-0.05, 0) is 48.5 Å². The van der Waals surface area contributed by atoms with Gasteiger partial charge in [0, 0.05) is 37.2 Å². The third-order valence-electron chi connectivity index (χ3n) is 3.96. The van der Waals surface area contributed by atoms with Crippen LogP contribution in [0.4, 0.5) is 36.1 Å². The van der Waals surface area contributed by atoms with Crippen molar-refractivity contribution >= 4 is 28.8 Å². The van der Waals surface area contributed by atoms with Gasteiger partial charge in [0.15, 0.2) is 17.5 Å². The molecule has 0 aliphatic carbocycles. The summed E-state index contributed by atoms with van der Waals surface area (Å²) in [5, 5.41) is 5.29. The average Bonchev–Trinajstić information content (AvgIpc) is 2.69. The van der Waals surface area contributed by atoms with Crippen molar-refractivity contribution in [2.75, 3.05) is 29.6 Å². The Kier molecular flexibility index (Phi) is 5.49. The van der Waals surface area contributed by atoms with Crippen LogP contribution in [0.1, 0.15) is 10.4 Å². The zero-order valence-electron chi connectivity index (χ0n) is 15.1. The first-order chi connectivity index (χ1) is 13.3. The smallest absolute Gasteiger partial charge is 0.255 e. The van der Waals surface area contributed by atoms with Crippen molar-refractivity contribution in [2.24, 2.45) is 0 Å².